The van der Waals surface area contributed by atoms with Crippen LogP contribution in [0.4, 0.5) is 0 Å². The molecular formula is C15H14N2O6S. The van der Waals surface area contributed by atoms with Gasteiger partial charge in [-0.3, -0.25) is 9.78 Å². The van der Waals surface area contributed by atoms with Crippen molar-refractivity contribution in [3.63, 3.8) is 0 Å². The van der Waals surface area contributed by atoms with Crippen LogP contribution >= 0.6 is 0 Å². The second-order valence-electron chi connectivity index (χ2n) is 4.90. The fraction of sp³-hybridized carbons (Fsp3) is 0.133. The van der Waals surface area contributed by atoms with Gasteiger partial charge in [0.15, 0.2) is 5.78 Å². The Morgan fingerprint density at radius 1 is 1.21 bits per heavy atom. The summed E-state index contributed by atoms with van der Waals surface area (Å²) in [6.45, 7) is 1.26. The van der Waals surface area contributed by atoms with Crippen molar-refractivity contribution in [2.45, 2.75) is 18.4 Å². The minimum absolute atomic E-state index is 0.135. The standard InChI is InChI=1S/C15H14N2O6S/c1-9(18)10-2-3-11(16-7-10)8-17-24(22,23)12-4-5-14(19)13(6-12)15(20)21/h2-7,17,19H,8H2,1H3,(H,20,21). The first-order valence-electron chi connectivity index (χ1n) is 6.72. The van der Waals surface area contributed by atoms with Crippen molar-refractivity contribution in [1.82, 2.24) is 9.71 Å². The molecule has 9 heteroatoms. The Morgan fingerprint density at radius 2 is 1.92 bits per heavy atom. The van der Waals surface area contributed by atoms with E-state index in [1.165, 1.54) is 25.3 Å². The molecule has 0 aliphatic heterocycles. The number of rotatable bonds is 6. The average Bonchev–Trinajstić information content (AvgIpc) is 2.53. The number of phenols is 1. The number of nitrogens with one attached hydrogen (secondary N) is 1. The molecule has 0 bridgehead atoms. The van der Waals surface area contributed by atoms with Crippen LogP contribution in [0, 0.1) is 0 Å². The van der Waals surface area contributed by atoms with E-state index in [1.54, 1.807) is 0 Å². The van der Waals surface area contributed by atoms with E-state index in [9.17, 15) is 23.1 Å². The normalized spacial score (nSPS) is 11.2. The molecule has 0 unspecified atom stereocenters. The van der Waals surface area contributed by atoms with Crippen molar-refractivity contribution in [2.24, 2.45) is 0 Å². The number of benzene rings is 1. The number of carboxylic acids is 1. The monoisotopic (exact) mass is 350 g/mol. The number of ketones is 1. The number of Topliss-reactive ketones (excluding diaryl/α,β-unsaturated/α-hetero) is 1. The van der Waals surface area contributed by atoms with Crippen molar-refractivity contribution in [1.29, 1.82) is 0 Å². The minimum Gasteiger partial charge on any atom is -0.507 e. The number of hydrogen-bond donors (Lipinski definition) is 3. The number of carbonyl (C=O) groups excluding carboxylic acids is 1. The number of sulfonamides is 1. The van der Waals surface area contributed by atoms with Gasteiger partial charge in [0.2, 0.25) is 10.0 Å². The van der Waals surface area contributed by atoms with Gasteiger partial charge in [0.05, 0.1) is 17.1 Å². The number of aromatic carboxylic acids is 1. The summed E-state index contributed by atoms with van der Waals surface area (Å²) in [6, 6.07) is 6.00. The molecule has 2 aromatic rings. The van der Waals surface area contributed by atoms with E-state index in [4.69, 9.17) is 5.11 Å². The molecule has 126 valence electrons. The summed E-state index contributed by atoms with van der Waals surface area (Å²) in [5.41, 5.74) is 0.286. The SMILES string of the molecule is CC(=O)c1ccc(CNS(=O)(=O)c2ccc(O)c(C(=O)O)c2)nc1. The van der Waals surface area contributed by atoms with E-state index in [-0.39, 0.29) is 17.2 Å². The van der Waals surface area contributed by atoms with Gasteiger partial charge in [-0.2, -0.15) is 0 Å². The van der Waals surface area contributed by atoms with Gasteiger partial charge in [0, 0.05) is 11.8 Å². The number of aromatic hydroxyl groups is 1. The predicted octanol–water partition coefficient (Wildman–Crippen LogP) is 1.17. The molecule has 0 fully saturated rings. The van der Waals surface area contributed by atoms with Crippen LogP contribution in [0.1, 0.15) is 33.3 Å². The average molecular weight is 350 g/mol. The van der Waals surface area contributed by atoms with Crippen LogP contribution < -0.4 is 4.72 Å². The maximum absolute atomic E-state index is 12.2. The lowest BCUT2D eigenvalue weighted by atomic mass is 10.2. The summed E-state index contributed by atoms with van der Waals surface area (Å²) in [5.74, 6) is -2.12. The predicted molar refractivity (Wildman–Crippen MR) is 83.3 cm³/mol. The second kappa shape index (κ2) is 6.77. The highest BCUT2D eigenvalue weighted by atomic mass is 32.2. The van der Waals surface area contributed by atoms with Crippen LogP contribution in [0.2, 0.25) is 0 Å². The van der Waals surface area contributed by atoms with Gasteiger partial charge in [0.25, 0.3) is 0 Å². The van der Waals surface area contributed by atoms with Crippen molar-refractivity contribution in [2.75, 3.05) is 0 Å². The number of aromatic nitrogens is 1. The Hall–Kier alpha value is -2.78. The van der Waals surface area contributed by atoms with Gasteiger partial charge in [-0.05, 0) is 37.3 Å². The van der Waals surface area contributed by atoms with E-state index in [2.05, 4.69) is 9.71 Å². The number of pyridine rings is 1. The van der Waals surface area contributed by atoms with Crippen LogP contribution in [0.5, 0.6) is 5.75 Å². The van der Waals surface area contributed by atoms with E-state index in [1.807, 2.05) is 0 Å². The maximum Gasteiger partial charge on any atom is 0.339 e. The van der Waals surface area contributed by atoms with Crippen LogP contribution in [-0.4, -0.2) is 35.4 Å². The van der Waals surface area contributed by atoms with Crippen LogP contribution in [0.3, 0.4) is 0 Å². The van der Waals surface area contributed by atoms with Crippen molar-refractivity contribution in [3.8, 4) is 5.75 Å². The molecule has 0 saturated heterocycles. The lowest BCUT2D eigenvalue weighted by Gasteiger charge is -2.08. The summed E-state index contributed by atoms with van der Waals surface area (Å²) in [7, 11) is -3.99. The first-order chi connectivity index (χ1) is 11.2. The summed E-state index contributed by atoms with van der Waals surface area (Å²) in [6.07, 6.45) is 1.34. The largest absolute Gasteiger partial charge is 0.507 e. The Balaban J connectivity index is 2.18. The number of hydrogen-bond acceptors (Lipinski definition) is 6. The molecule has 8 nitrogen and oxygen atoms in total. The van der Waals surface area contributed by atoms with Gasteiger partial charge in [-0.15, -0.1) is 0 Å². The summed E-state index contributed by atoms with van der Waals surface area (Å²) in [4.78, 5) is 25.8. The van der Waals surface area contributed by atoms with Crippen molar-refractivity contribution >= 4 is 21.8 Å². The zero-order valence-electron chi connectivity index (χ0n) is 12.6. The molecule has 24 heavy (non-hydrogen) atoms. The molecule has 2 rings (SSSR count). The lowest BCUT2D eigenvalue weighted by molar-refractivity contribution is 0.0693. The molecule has 1 aromatic carbocycles. The van der Waals surface area contributed by atoms with E-state index >= 15 is 0 Å². The Bertz CT molecular complexity index is 891. The summed E-state index contributed by atoms with van der Waals surface area (Å²) >= 11 is 0. The molecule has 1 aromatic heterocycles. The minimum atomic E-state index is -3.99. The van der Waals surface area contributed by atoms with Crippen molar-refractivity contribution < 1.29 is 28.2 Å². The van der Waals surface area contributed by atoms with E-state index in [0.29, 0.717) is 11.3 Å². The molecule has 3 N–H and O–H groups in total. The molecular weight excluding hydrogens is 336 g/mol. The highest BCUT2D eigenvalue weighted by Gasteiger charge is 2.18. The maximum atomic E-state index is 12.2. The molecule has 0 radical (unpaired) electrons. The molecule has 0 aliphatic rings. The summed E-state index contributed by atoms with van der Waals surface area (Å²) < 4.78 is 26.7. The first kappa shape index (κ1) is 17.6. The molecule has 0 spiro atoms. The topological polar surface area (TPSA) is 134 Å². The van der Waals surface area contributed by atoms with Gasteiger partial charge < -0.3 is 10.2 Å². The molecule has 0 amide bonds. The third-order valence-electron chi connectivity index (χ3n) is 3.18. The fourth-order valence-electron chi connectivity index (χ4n) is 1.84. The van der Waals surface area contributed by atoms with Crippen LogP contribution in [0.15, 0.2) is 41.4 Å². The molecule has 0 saturated carbocycles. The zero-order chi connectivity index (χ0) is 17.9. The smallest absolute Gasteiger partial charge is 0.339 e. The quantitative estimate of drug-likeness (QED) is 0.666. The first-order valence-corrected chi connectivity index (χ1v) is 8.21. The van der Waals surface area contributed by atoms with Gasteiger partial charge >= 0.3 is 5.97 Å². The molecule has 0 aliphatic carbocycles. The Morgan fingerprint density at radius 3 is 2.46 bits per heavy atom. The Kier molecular flexibility index (Phi) is 4.96. The van der Waals surface area contributed by atoms with Crippen LogP contribution in [0.25, 0.3) is 0 Å². The number of nitrogens with zero attached hydrogens (tertiary/aromatic N) is 1. The number of carbonyl (C=O) groups is 2. The van der Waals surface area contributed by atoms with E-state index < -0.39 is 27.3 Å². The molecule has 0 atom stereocenters. The zero-order valence-corrected chi connectivity index (χ0v) is 13.4. The summed E-state index contributed by atoms with van der Waals surface area (Å²) in [5, 5.41) is 18.3. The Labute approximate surface area is 137 Å². The van der Waals surface area contributed by atoms with Gasteiger partial charge in [-0.1, -0.05) is 0 Å². The van der Waals surface area contributed by atoms with E-state index in [0.717, 1.165) is 18.2 Å². The lowest BCUT2D eigenvalue weighted by Crippen LogP contribution is -2.24. The fourth-order valence-corrected chi connectivity index (χ4v) is 2.87. The van der Waals surface area contributed by atoms with Crippen LogP contribution in [-0.2, 0) is 16.6 Å². The third kappa shape index (κ3) is 3.94. The number of carboxylic acid groups (broad SMARTS) is 1. The second-order valence-corrected chi connectivity index (χ2v) is 6.67. The van der Waals surface area contributed by atoms with Crippen molar-refractivity contribution in [3.05, 3.63) is 53.3 Å². The highest BCUT2D eigenvalue weighted by Crippen LogP contribution is 2.21. The third-order valence-corrected chi connectivity index (χ3v) is 4.58. The van der Waals surface area contributed by atoms with Gasteiger partial charge in [0.1, 0.15) is 11.3 Å². The highest BCUT2D eigenvalue weighted by molar-refractivity contribution is 7.89. The molecule has 1 heterocycles. The van der Waals surface area contributed by atoms with Gasteiger partial charge in [-0.25, -0.2) is 17.9 Å².